The summed E-state index contributed by atoms with van der Waals surface area (Å²) in [5.41, 5.74) is 6.84. The largest absolute Gasteiger partial charge is 0.466 e. The minimum absolute atomic E-state index is 0.0166. The lowest BCUT2D eigenvalue weighted by Crippen LogP contribution is -2.56. The van der Waals surface area contributed by atoms with Gasteiger partial charge in [-0.3, -0.25) is 19.2 Å². The van der Waals surface area contributed by atoms with E-state index in [-0.39, 0.29) is 32.4 Å². The zero-order valence-electron chi connectivity index (χ0n) is 27.4. The summed E-state index contributed by atoms with van der Waals surface area (Å²) in [5.74, 6) is -1.76. The lowest BCUT2D eigenvalue weighted by atomic mass is 9.91. The Bertz CT molecular complexity index is 1090. The number of esters is 1. The van der Waals surface area contributed by atoms with Crippen LogP contribution in [0.4, 0.5) is 4.79 Å². The molecule has 1 aromatic rings. The number of primary amides is 1. The van der Waals surface area contributed by atoms with Gasteiger partial charge in [-0.05, 0) is 90.3 Å². The van der Waals surface area contributed by atoms with Crippen molar-refractivity contribution in [2.24, 2.45) is 11.7 Å². The third kappa shape index (κ3) is 13.0. The Morgan fingerprint density at radius 1 is 0.953 bits per heavy atom. The van der Waals surface area contributed by atoms with Crippen LogP contribution in [0.15, 0.2) is 18.2 Å². The molecule has 0 spiro atoms. The summed E-state index contributed by atoms with van der Waals surface area (Å²) in [6.45, 7) is 16.8. The fourth-order valence-corrected chi connectivity index (χ4v) is 4.76. The predicted octanol–water partition coefficient (Wildman–Crippen LogP) is 4.23. The number of carbonyl (C=O) groups excluding carboxylic acids is 5. The molecule has 11 heteroatoms. The molecule has 0 saturated heterocycles. The van der Waals surface area contributed by atoms with Crippen LogP contribution in [0.2, 0.25) is 0 Å². The highest BCUT2D eigenvalue weighted by Crippen LogP contribution is 2.32. The van der Waals surface area contributed by atoms with Crippen molar-refractivity contribution < 1.29 is 33.4 Å². The van der Waals surface area contributed by atoms with Crippen molar-refractivity contribution in [3.05, 3.63) is 34.9 Å². The first-order valence-electron chi connectivity index (χ1n) is 15.1. The summed E-state index contributed by atoms with van der Waals surface area (Å²) in [5, 5.41) is 5.44. The van der Waals surface area contributed by atoms with Gasteiger partial charge in [0.2, 0.25) is 17.7 Å². The maximum Gasteiger partial charge on any atom is 0.408 e. The highest BCUT2D eigenvalue weighted by molar-refractivity contribution is 5.93. The molecule has 1 aromatic carbocycles. The van der Waals surface area contributed by atoms with Crippen LogP contribution in [0.5, 0.6) is 0 Å². The average molecular weight is 605 g/mol. The van der Waals surface area contributed by atoms with Gasteiger partial charge in [-0.2, -0.15) is 0 Å². The van der Waals surface area contributed by atoms with E-state index in [1.165, 1.54) is 4.90 Å². The summed E-state index contributed by atoms with van der Waals surface area (Å²) < 4.78 is 10.4. The third-order valence-corrected chi connectivity index (χ3v) is 6.84. The molecule has 0 fully saturated rings. The van der Waals surface area contributed by atoms with Gasteiger partial charge in [0.15, 0.2) is 0 Å². The van der Waals surface area contributed by atoms with E-state index in [1.807, 2.05) is 39.0 Å². The fraction of sp³-hybridized carbons (Fsp3) is 0.656. The van der Waals surface area contributed by atoms with Crippen molar-refractivity contribution in [3.8, 4) is 0 Å². The standard InChI is InChI=1S/C32H52N4O7/c1-10-42-26(38)18-19-34-29(39)28(27-21(4)12-11-13-22(27)5)36(23(6)15-14-20(2)3)30(40)24(16-17-25(33)37)35-31(41)43-32(7,8)9/h11-13,20,23-24,28H,10,14-19H2,1-9H3,(H2,33,37)(H,34,39)(H,35,41). The zero-order chi connectivity index (χ0) is 32.9. The molecule has 0 aromatic heterocycles. The molecule has 3 atom stereocenters. The first-order valence-corrected chi connectivity index (χ1v) is 15.1. The van der Waals surface area contributed by atoms with E-state index in [1.54, 1.807) is 27.7 Å². The van der Waals surface area contributed by atoms with Gasteiger partial charge < -0.3 is 30.7 Å². The first-order chi connectivity index (χ1) is 20.0. The van der Waals surface area contributed by atoms with Crippen LogP contribution in [0.3, 0.4) is 0 Å². The van der Waals surface area contributed by atoms with Crippen molar-refractivity contribution >= 4 is 29.8 Å². The first kappa shape index (κ1) is 37.4. The summed E-state index contributed by atoms with van der Waals surface area (Å²) >= 11 is 0. The van der Waals surface area contributed by atoms with Crippen molar-refractivity contribution in [2.75, 3.05) is 13.2 Å². The molecule has 0 saturated carbocycles. The number of nitrogens with two attached hydrogens (primary N) is 1. The van der Waals surface area contributed by atoms with Crippen molar-refractivity contribution in [1.82, 2.24) is 15.5 Å². The summed E-state index contributed by atoms with van der Waals surface area (Å²) in [7, 11) is 0. The Morgan fingerprint density at radius 3 is 2.07 bits per heavy atom. The van der Waals surface area contributed by atoms with E-state index in [2.05, 4.69) is 24.5 Å². The van der Waals surface area contributed by atoms with Crippen LogP contribution in [-0.2, 0) is 28.7 Å². The van der Waals surface area contributed by atoms with Gasteiger partial charge in [-0.1, -0.05) is 32.0 Å². The molecule has 0 radical (unpaired) electrons. The number of carbonyl (C=O) groups is 5. The van der Waals surface area contributed by atoms with Gasteiger partial charge in [0, 0.05) is 19.0 Å². The number of amides is 4. The van der Waals surface area contributed by atoms with E-state index in [4.69, 9.17) is 15.2 Å². The minimum atomic E-state index is -1.19. The highest BCUT2D eigenvalue weighted by atomic mass is 16.6. The number of alkyl carbamates (subject to hydrolysis) is 1. The second-order valence-electron chi connectivity index (χ2n) is 12.3. The van der Waals surface area contributed by atoms with Crippen molar-refractivity contribution in [1.29, 1.82) is 0 Å². The second kappa shape index (κ2) is 17.5. The lowest BCUT2D eigenvalue weighted by molar-refractivity contribution is -0.146. The maximum absolute atomic E-state index is 14.5. The van der Waals surface area contributed by atoms with Crippen LogP contribution < -0.4 is 16.4 Å². The average Bonchev–Trinajstić information content (AvgIpc) is 2.87. The van der Waals surface area contributed by atoms with E-state index >= 15 is 0 Å². The lowest BCUT2D eigenvalue weighted by Gasteiger charge is -2.39. The Balaban J connectivity index is 3.70. The summed E-state index contributed by atoms with van der Waals surface area (Å²) in [4.78, 5) is 66.6. The number of ether oxygens (including phenoxy) is 2. The van der Waals surface area contributed by atoms with Crippen LogP contribution in [0, 0.1) is 19.8 Å². The molecule has 11 nitrogen and oxygen atoms in total. The Kier molecular flexibility index (Phi) is 15.2. The van der Waals surface area contributed by atoms with E-state index in [0.717, 1.165) is 17.5 Å². The molecule has 0 bridgehead atoms. The summed E-state index contributed by atoms with van der Waals surface area (Å²) in [6, 6.07) is 2.89. The Morgan fingerprint density at radius 2 is 1.56 bits per heavy atom. The highest BCUT2D eigenvalue weighted by Gasteiger charge is 2.40. The van der Waals surface area contributed by atoms with Gasteiger partial charge >= 0.3 is 12.1 Å². The van der Waals surface area contributed by atoms with Crippen LogP contribution >= 0.6 is 0 Å². The van der Waals surface area contributed by atoms with Gasteiger partial charge in [0.1, 0.15) is 17.7 Å². The van der Waals surface area contributed by atoms with E-state index in [0.29, 0.717) is 17.9 Å². The van der Waals surface area contributed by atoms with Crippen LogP contribution in [-0.4, -0.2) is 65.5 Å². The van der Waals surface area contributed by atoms with E-state index in [9.17, 15) is 24.0 Å². The summed E-state index contributed by atoms with van der Waals surface area (Å²) in [6.07, 6.45) is 0.256. The molecule has 4 N–H and O–H groups in total. The number of rotatable bonds is 16. The Hall–Kier alpha value is -3.63. The van der Waals surface area contributed by atoms with Crippen molar-refractivity contribution in [3.63, 3.8) is 0 Å². The molecule has 43 heavy (non-hydrogen) atoms. The SMILES string of the molecule is CCOC(=O)CCNC(=O)C(c1c(C)cccc1C)N(C(=O)C(CCC(N)=O)NC(=O)OC(C)(C)C)C(C)CCC(C)C. The second-order valence-corrected chi connectivity index (χ2v) is 12.3. The smallest absolute Gasteiger partial charge is 0.408 e. The molecule has 0 aliphatic carbocycles. The maximum atomic E-state index is 14.5. The molecule has 4 amide bonds. The molecule has 0 aliphatic heterocycles. The minimum Gasteiger partial charge on any atom is -0.466 e. The number of hydrogen-bond acceptors (Lipinski definition) is 7. The number of hydrogen-bond donors (Lipinski definition) is 3. The Labute approximate surface area is 256 Å². The van der Waals surface area contributed by atoms with Crippen molar-refractivity contribution in [2.45, 2.75) is 118 Å². The normalized spacial score (nSPS) is 13.4. The molecular weight excluding hydrogens is 552 g/mol. The quantitative estimate of drug-likeness (QED) is 0.238. The number of nitrogens with one attached hydrogen (secondary N) is 2. The van der Waals surface area contributed by atoms with E-state index < -0.39 is 53.5 Å². The van der Waals surface area contributed by atoms with Gasteiger partial charge in [-0.25, -0.2) is 4.79 Å². The number of aryl methyl sites for hydroxylation is 2. The third-order valence-electron chi connectivity index (χ3n) is 6.84. The van der Waals surface area contributed by atoms with Gasteiger partial charge in [0.25, 0.3) is 0 Å². The molecule has 0 aliphatic rings. The topological polar surface area (TPSA) is 157 Å². The fourth-order valence-electron chi connectivity index (χ4n) is 4.76. The predicted molar refractivity (Wildman–Crippen MR) is 165 cm³/mol. The monoisotopic (exact) mass is 604 g/mol. The molecular formula is C32H52N4O7. The zero-order valence-corrected chi connectivity index (χ0v) is 27.4. The molecule has 0 heterocycles. The molecule has 242 valence electrons. The van der Waals surface area contributed by atoms with Gasteiger partial charge in [-0.15, -0.1) is 0 Å². The van der Waals surface area contributed by atoms with Gasteiger partial charge in [0.05, 0.1) is 13.0 Å². The number of benzene rings is 1. The van der Waals surface area contributed by atoms with Crippen LogP contribution in [0.1, 0.15) is 103 Å². The van der Waals surface area contributed by atoms with Crippen LogP contribution in [0.25, 0.3) is 0 Å². The molecule has 3 unspecified atom stereocenters. The molecule has 1 rings (SSSR count). The number of nitrogens with zero attached hydrogens (tertiary/aromatic N) is 1.